The van der Waals surface area contributed by atoms with Gasteiger partial charge >= 0.3 is 0 Å². The predicted octanol–water partition coefficient (Wildman–Crippen LogP) is 10.4. The van der Waals surface area contributed by atoms with Crippen LogP contribution in [0.25, 0.3) is 76.0 Å². The van der Waals surface area contributed by atoms with Gasteiger partial charge in [0.25, 0.3) is 0 Å². The second-order valence-corrected chi connectivity index (χ2v) is 19.5. The van der Waals surface area contributed by atoms with Gasteiger partial charge in [0, 0.05) is 53.2 Å². The molecule has 0 fully saturated rings. The Hall–Kier alpha value is -4.90. The van der Waals surface area contributed by atoms with Crippen LogP contribution < -0.4 is 10.4 Å². The minimum atomic E-state index is -1.86. The lowest BCUT2D eigenvalue weighted by molar-refractivity contribution is 0.661. The molecule has 0 N–H and O–H groups in total. The molecule has 4 heteroatoms. The zero-order chi connectivity index (χ0) is 31.7. The lowest BCUT2D eigenvalue weighted by Gasteiger charge is -2.21. The standard InChI is InChI=1S/C43H32N2SSi/c1-43(2)32-21-18-26(24-31(32)37-33(43)22-19-28-27-14-8-10-16-34(27)46-41(28)37)42-44-39(25-12-6-5-7-13-25)30-20-23-36-38(40(30)45-42)29-15-9-11-17-35(29)47(36,3)4/h5-24H,1-4H3. The molecule has 10 rings (SSSR count). The van der Waals surface area contributed by atoms with Crippen LogP contribution in [0.4, 0.5) is 0 Å². The summed E-state index contributed by atoms with van der Waals surface area (Å²) in [6, 6.07) is 44.7. The zero-order valence-electron chi connectivity index (χ0n) is 26.8. The number of aromatic nitrogens is 2. The van der Waals surface area contributed by atoms with Crippen molar-refractivity contribution >= 4 is 60.9 Å². The predicted molar refractivity (Wildman–Crippen MR) is 203 cm³/mol. The van der Waals surface area contributed by atoms with Gasteiger partial charge in [-0.05, 0) is 44.8 Å². The lowest BCUT2D eigenvalue weighted by atomic mass is 9.82. The summed E-state index contributed by atoms with van der Waals surface area (Å²) >= 11 is 1.91. The first-order valence-electron chi connectivity index (χ1n) is 16.4. The average Bonchev–Trinajstić information content (AvgIpc) is 3.68. The quantitative estimate of drug-likeness (QED) is 0.177. The van der Waals surface area contributed by atoms with E-state index in [1.165, 1.54) is 63.9 Å². The van der Waals surface area contributed by atoms with Gasteiger partial charge in [-0.2, -0.15) is 0 Å². The minimum Gasteiger partial charge on any atom is -0.227 e. The van der Waals surface area contributed by atoms with E-state index in [1.807, 2.05) is 11.3 Å². The van der Waals surface area contributed by atoms with E-state index in [9.17, 15) is 0 Å². The smallest absolute Gasteiger partial charge is 0.160 e. The number of hydrogen-bond acceptors (Lipinski definition) is 3. The summed E-state index contributed by atoms with van der Waals surface area (Å²) in [5, 5.41) is 6.75. The van der Waals surface area contributed by atoms with Crippen LogP contribution >= 0.6 is 11.3 Å². The van der Waals surface area contributed by atoms with E-state index in [2.05, 4.69) is 148 Å². The summed E-state index contributed by atoms with van der Waals surface area (Å²) in [7, 11) is -1.86. The van der Waals surface area contributed by atoms with E-state index in [-0.39, 0.29) is 5.41 Å². The van der Waals surface area contributed by atoms with Crippen molar-refractivity contribution in [3.8, 4) is 44.9 Å². The fourth-order valence-electron chi connectivity index (χ4n) is 8.48. The first-order chi connectivity index (χ1) is 22.8. The molecule has 224 valence electrons. The number of nitrogens with zero attached hydrogens (tertiary/aromatic N) is 2. The van der Waals surface area contributed by atoms with Gasteiger partial charge < -0.3 is 0 Å². The Morgan fingerprint density at radius 1 is 0.574 bits per heavy atom. The third-order valence-electron chi connectivity index (χ3n) is 10.9. The molecule has 2 aromatic heterocycles. The molecule has 0 bridgehead atoms. The van der Waals surface area contributed by atoms with Gasteiger partial charge in [0.1, 0.15) is 8.07 Å². The zero-order valence-corrected chi connectivity index (χ0v) is 28.7. The largest absolute Gasteiger partial charge is 0.227 e. The van der Waals surface area contributed by atoms with Crippen molar-refractivity contribution in [2.24, 2.45) is 0 Å². The number of thiophene rings is 1. The molecule has 0 atom stereocenters. The number of rotatable bonds is 2. The first kappa shape index (κ1) is 27.2. The van der Waals surface area contributed by atoms with Gasteiger partial charge in [-0.15, -0.1) is 11.3 Å². The van der Waals surface area contributed by atoms with Crippen molar-refractivity contribution in [2.75, 3.05) is 0 Å². The van der Waals surface area contributed by atoms with Crippen molar-refractivity contribution in [3.63, 3.8) is 0 Å². The molecule has 1 aliphatic carbocycles. The number of fused-ring (bicyclic) bond motifs is 12. The summed E-state index contributed by atoms with van der Waals surface area (Å²) in [6.45, 7) is 9.67. The van der Waals surface area contributed by atoms with Gasteiger partial charge in [-0.3, -0.25) is 0 Å². The second-order valence-electron chi connectivity index (χ2n) is 14.2. The highest BCUT2D eigenvalue weighted by Gasteiger charge is 2.40. The average molecular weight is 637 g/mol. The highest BCUT2D eigenvalue weighted by atomic mass is 32.1. The van der Waals surface area contributed by atoms with Gasteiger partial charge in [-0.1, -0.05) is 136 Å². The maximum absolute atomic E-state index is 5.50. The molecule has 0 spiro atoms. The highest BCUT2D eigenvalue weighted by molar-refractivity contribution is 7.26. The Labute approximate surface area is 279 Å². The van der Waals surface area contributed by atoms with Crippen LogP contribution in [-0.2, 0) is 5.41 Å². The monoisotopic (exact) mass is 636 g/mol. The molecule has 1 aliphatic heterocycles. The molecule has 0 radical (unpaired) electrons. The molecule has 3 heterocycles. The van der Waals surface area contributed by atoms with Crippen molar-refractivity contribution in [2.45, 2.75) is 32.4 Å². The fourth-order valence-corrected chi connectivity index (χ4v) is 12.8. The maximum atomic E-state index is 5.50. The van der Waals surface area contributed by atoms with E-state index in [4.69, 9.17) is 9.97 Å². The van der Waals surface area contributed by atoms with Gasteiger partial charge in [0.2, 0.25) is 0 Å². The van der Waals surface area contributed by atoms with Crippen LogP contribution in [0.1, 0.15) is 25.0 Å². The Kier molecular flexibility index (Phi) is 5.41. The van der Waals surface area contributed by atoms with Crippen molar-refractivity contribution in [1.29, 1.82) is 0 Å². The van der Waals surface area contributed by atoms with E-state index in [1.54, 1.807) is 0 Å². The normalized spacial score (nSPS) is 15.1. The third kappa shape index (κ3) is 3.60. The van der Waals surface area contributed by atoms with Gasteiger partial charge in [0.05, 0.1) is 11.2 Å². The molecule has 47 heavy (non-hydrogen) atoms. The van der Waals surface area contributed by atoms with E-state index < -0.39 is 8.07 Å². The Bertz CT molecular complexity index is 2630. The summed E-state index contributed by atoms with van der Waals surface area (Å²) in [5.74, 6) is 0.783. The molecule has 2 nitrogen and oxygen atoms in total. The maximum Gasteiger partial charge on any atom is 0.160 e. The molecule has 0 saturated carbocycles. The second kappa shape index (κ2) is 9.34. The van der Waals surface area contributed by atoms with E-state index in [0.717, 1.165) is 33.5 Å². The topological polar surface area (TPSA) is 25.8 Å². The molecular weight excluding hydrogens is 605 g/mol. The third-order valence-corrected chi connectivity index (χ3v) is 15.6. The molecule has 6 aromatic carbocycles. The first-order valence-corrected chi connectivity index (χ1v) is 20.2. The van der Waals surface area contributed by atoms with Crippen molar-refractivity contribution in [1.82, 2.24) is 9.97 Å². The Balaban J connectivity index is 1.27. The van der Waals surface area contributed by atoms with E-state index in [0.29, 0.717) is 0 Å². The lowest BCUT2D eigenvalue weighted by Crippen LogP contribution is -2.49. The summed E-state index contributed by atoms with van der Waals surface area (Å²) < 4.78 is 2.71. The minimum absolute atomic E-state index is 0.0895. The number of benzene rings is 6. The van der Waals surface area contributed by atoms with E-state index >= 15 is 0 Å². The van der Waals surface area contributed by atoms with Gasteiger partial charge in [0.15, 0.2) is 5.82 Å². The van der Waals surface area contributed by atoms with Crippen LogP contribution in [0, 0.1) is 0 Å². The van der Waals surface area contributed by atoms with Crippen molar-refractivity contribution < 1.29 is 0 Å². The molecule has 0 amide bonds. The molecule has 2 aliphatic rings. The number of hydrogen-bond donors (Lipinski definition) is 0. The highest BCUT2D eigenvalue weighted by Crippen LogP contribution is 2.54. The molecule has 0 unspecified atom stereocenters. The fraction of sp³-hybridized carbons (Fsp3) is 0.116. The summed E-state index contributed by atoms with van der Waals surface area (Å²) in [5.41, 5.74) is 12.2. The SMILES string of the molecule is CC1(C)c2ccc(-c3nc(-c4ccccc4)c4ccc5c(c4n3)-c3ccccc3[Si]5(C)C)cc2-c2c1ccc1c2sc2ccccc21. The van der Waals surface area contributed by atoms with Gasteiger partial charge in [-0.25, -0.2) is 9.97 Å². The Morgan fingerprint density at radius 2 is 1.32 bits per heavy atom. The summed E-state index contributed by atoms with van der Waals surface area (Å²) in [6.07, 6.45) is 0. The van der Waals surface area contributed by atoms with Crippen LogP contribution in [0.3, 0.4) is 0 Å². The molecular formula is C43H32N2SSi. The van der Waals surface area contributed by atoms with Crippen LogP contribution in [0.15, 0.2) is 121 Å². The molecule has 0 saturated heterocycles. The van der Waals surface area contributed by atoms with Crippen LogP contribution in [0.5, 0.6) is 0 Å². The summed E-state index contributed by atoms with van der Waals surface area (Å²) in [4.78, 5) is 10.9. The molecule has 8 aromatic rings. The van der Waals surface area contributed by atoms with Crippen LogP contribution in [0.2, 0.25) is 13.1 Å². The Morgan fingerprint density at radius 3 is 2.19 bits per heavy atom. The van der Waals surface area contributed by atoms with Crippen molar-refractivity contribution in [3.05, 3.63) is 132 Å². The van der Waals surface area contributed by atoms with Crippen LogP contribution in [-0.4, -0.2) is 18.0 Å².